The Morgan fingerprint density at radius 2 is 2.33 bits per heavy atom. The van der Waals surface area contributed by atoms with Gasteiger partial charge >= 0.3 is 0 Å². The summed E-state index contributed by atoms with van der Waals surface area (Å²) in [5, 5.41) is 9.00. The van der Waals surface area contributed by atoms with Crippen molar-refractivity contribution >= 4 is 0 Å². The first-order chi connectivity index (χ1) is 5.63. The van der Waals surface area contributed by atoms with Gasteiger partial charge < -0.3 is 10.8 Å². The fourth-order valence-electron chi connectivity index (χ4n) is 2.75. The van der Waals surface area contributed by atoms with Crippen molar-refractivity contribution in [2.45, 2.75) is 45.6 Å². The van der Waals surface area contributed by atoms with Gasteiger partial charge in [-0.25, -0.2) is 0 Å². The smallest absolute Gasteiger partial charge is 0.0437 e. The SMILES string of the molecule is CC(N)C1(CCO)CCCC1C. The van der Waals surface area contributed by atoms with E-state index in [1.807, 2.05) is 0 Å². The van der Waals surface area contributed by atoms with Crippen LogP contribution in [0.3, 0.4) is 0 Å². The summed E-state index contributed by atoms with van der Waals surface area (Å²) in [5.74, 6) is 0.685. The topological polar surface area (TPSA) is 46.2 Å². The van der Waals surface area contributed by atoms with E-state index >= 15 is 0 Å². The molecule has 3 unspecified atom stereocenters. The van der Waals surface area contributed by atoms with Gasteiger partial charge in [-0.3, -0.25) is 0 Å². The third kappa shape index (κ3) is 1.50. The lowest BCUT2D eigenvalue weighted by molar-refractivity contribution is 0.116. The molecule has 0 bridgehead atoms. The molecule has 0 aliphatic heterocycles. The van der Waals surface area contributed by atoms with E-state index in [0.29, 0.717) is 5.92 Å². The summed E-state index contributed by atoms with van der Waals surface area (Å²) >= 11 is 0. The molecule has 2 nitrogen and oxygen atoms in total. The van der Waals surface area contributed by atoms with E-state index in [1.54, 1.807) is 0 Å². The van der Waals surface area contributed by atoms with Crippen molar-refractivity contribution in [1.82, 2.24) is 0 Å². The van der Waals surface area contributed by atoms with Gasteiger partial charge in [-0.15, -0.1) is 0 Å². The second-order valence-corrected chi connectivity index (χ2v) is 4.29. The van der Waals surface area contributed by atoms with Crippen LogP contribution in [-0.2, 0) is 0 Å². The first-order valence-corrected chi connectivity index (χ1v) is 5.00. The predicted octanol–water partition coefficient (Wildman–Crippen LogP) is 1.52. The van der Waals surface area contributed by atoms with E-state index in [9.17, 15) is 0 Å². The van der Waals surface area contributed by atoms with E-state index in [0.717, 1.165) is 6.42 Å². The molecule has 1 fully saturated rings. The van der Waals surface area contributed by atoms with Gasteiger partial charge in [0.15, 0.2) is 0 Å². The number of aliphatic hydroxyl groups excluding tert-OH is 1. The highest BCUT2D eigenvalue weighted by Gasteiger charge is 2.42. The zero-order valence-electron chi connectivity index (χ0n) is 8.21. The van der Waals surface area contributed by atoms with Crippen molar-refractivity contribution in [3.8, 4) is 0 Å². The van der Waals surface area contributed by atoms with Crippen molar-refractivity contribution in [3.05, 3.63) is 0 Å². The van der Waals surface area contributed by atoms with Crippen LogP contribution in [0, 0.1) is 11.3 Å². The van der Waals surface area contributed by atoms with Gasteiger partial charge in [0.1, 0.15) is 0 Å². The minimum Gasteiger partial charge on any atom is -0.396 e. The average molecular weight is 171 g/mol. The molecule has 3 N–H and O–H groups in total. The summed E-state index contributed by atoms with van der Waals surface area (Å²) in [6.45, 7) is 4.63. The molecule has 1 saturated carbocycles. The number of aliphatic hydroxyl groups is 1. The molecule has 1 rings (SSSR count). The lowest BCUT2D eigenvalue weighted by Gasteiger charge is -2.37. The number of hydrogen-bond donors (Lipinski definition) is 2. The van der Waals surface area contributed by atoms with Gasteiger partial charge in [-0.1, -0.05) is 19.8 Å². The normalized spacial score (nSPS) is 38.5. The van der Waals surface area contributed by atoms with Crippen LogP contribution in [-0.4, -0.2) is 17.8 Å². The fraction of sp³-hybridized carbons (Fsp3) is 1.00. The first kappa shape index (κ1) is 10.0. The van der Waals surface area contributed by atoms with E-state index in [4.69, 9.17) is 10.8 Å². The van der Waals surface area contributed by atoms with Crippen LogP contribution in [0.5, 0.6) is 0 Å². The van der Waals surface area contributed by atoms with E-state index in [-0.39, 0.29) is 18.1 Å². The Labute approximate surface area is 75.2 Å². The molecule has 0 aromatic heterocycles. The van der Waals surface area contributed by atoms with E-state index in [1.165, 1.54) is 19.3 Å². The highest BCUT2D eigenvalue weighted by molar-refractivity contribution is 4.95. The lowest BCUT2D eigenvalue weighted by atomic mass is 9.71. The zero-order valence-corrected chi connectivity index (χ0v) is 8.21. The van der Waals surface area contributed by atoms with Gasteiger partial charge in [-0.2, -0.15) is 0 Å². The maximum atomic E-state index is 9.00. The summed E-state index contributed by atoms with van der Waals surface area (Å²) in [6.07, 6.45) is 4.64. The number of hydrogen-bond acceptors (Lipinski definition) is 2. The first-order valence-electron chi connectivity index (χ1n) is 5.00. The molecule has 0 amide bonds. The van der Waals surface area contributed by atoms with Crippen molar-refractivity contribution in [2.75, 3.05) is 6.61 Å². The van der Waals surface area contributed by atoms with Crippen LogP contribution in [0.1, 0.15) is 39.5 Å². The van der Waals surface area contributed by atoms with Crippen LogP contribution < -0.4 is 5.73 Å². The molecule has 1 aliphatic carbocycles. The van der Waals surface area contributed by atoms with Crippen LogP contribution in [0.2, 0.25) is 0 Å². The standard InChI is InChI=1S/C10H21NO/c1-8-4-3-5-10(8,6-7-12)9(2)11/h8-9,12H,3-7,11H2,1-2H3. The maximum Gasteiger partial charge on any atom is 0.0437 e. The lowest BCUT2D eigenvalue weighted by Crippen LogP contribution is -2.42. The molecule has 72 valence electrons. The van der Waals surface area contributed by atoms with Gasteiger partial charge in [0.2, 0.25) is 0 Å². The summed E-state index contributed by atoms with van der Waals surface area (Å²) in [6, 6.07) is 0.224. The Balaban J connectivity index is 2.70. The molecular weight excluding hydrogens is 150 g/mol. The Morgan fingerprint density at radius 3 is 2.67 bits per heavy atom. The Hall–Kier alpha value is -0.0800. The molecular formula is C10H21NO. The zero-order chi connectivity index (χ0) is 9.19. The van der Waals surface area contributed by atoms with Gasteiger partial charge in [0.05, 0.1) is 0 Å². The Morgan fingerprint density at radius 1 is 1.67 bits per heavy atom. The van der Waals surface area contributed by atoms with Gasteiger partial charge in [-0.05, 0) is 31.1 Å². The molecule has 1 aliphatic rings. The molecule has 0 heterocycles. The van der Waals surface area contributed by atoms with Gasteiger partial charge in [0.25, 0.3) is 0 Å². The summed E-state index contributed by atoms with van der Waals surface area (Å²) < 4.78 is 0. The minimum absolute atomic E-state index is 0.224. The highest BCUT2D eigenvalue weighted by atomic mass is 16.3. The molecule has 2 heteroatoms. The molecule has 0 spiro atoms. The average Bonchev–Trinajstić information content (AvgIpc) is 2.34. The molecule has 12 heavy (non-hydrogen) atoms. The van der Waals surface area contributed by atoms with Crippen molar-refractivity contribution in [1.29, 1.82) is 0 Å². The monoisotopic (exact) mass is 171 g/mol. The van der Waals surface area contributed by atoms with Crippen LogP contribution in [0.15, 0.2) is 0 Å². The quantitative estimate of drug-likeness (QED) is 0.676. The van der Waals surface area contributed by atoms with Crippen molar-refractivity contribution < 1.29 is 5.11 Å². The highest BCUT2D eigenvalue weighted by Crippen LogP contribution is 2.47. The van der Waals surface area contributed by atoms with E-state index < -0.39 is 0 Å². The second-order valence-electron chi connectivity index (χ2n) is 4.29. The molecule has 0 radical (unpaired) electrons. The summed E-state index contributed by atoms with van der Waals surface area (Å²) in [4.78, 5) is 0. The summed E-state index contributed by atoms with van der Waals surface area (Å²) in [5.41, 5.74) is 6.23. The summed E-state index contributed by atoms with van der Waals surface area (Å²) in [7, 11) is 0. The van der Waals surface area contributed by atoms with Crippen LogP contribution in [0.4, 0.5) is 0 Å². The molecule has 0 saturated heterocycles. The molecule has 3 atom stereocenters. The van der Waals surface area contributed by atoms with Crippen molar-refractivity contribution in [2.24, 2.45) is 17.1 Å². The predicted molar refractivity (Wildman–Crippen MR) is 50.8 cm³/mol. The second kappa shape index (κ2) is 3.75. The van der Waals surface area contributed by atoms with Crippen LogP contribution in [0.25, 0.3) is 0 Å². The van der Waals surface area contributed by atoms with E-state index in [2.05, 4.69) is 13.8 Å². The molecule has 0 aromatic rings. The van der Waals surface area contributed by atoms with Crippen LogP contribution >= 0.6 is 0 Å². The number of nitrogens with two attached hydrogens (primary N) is 1. The molecule has 0 aromatic carbocycles. The Bertz CT molecular complexity index is 147. The number of rotatable bonds is 3. The minimum atomic E-state index is 0.224. The largest absolute Gasteiger partial charge is 0.396 e. The third-order valence-electron chi connectivity index (χ3n) is 3.74. The Kier molecular flexibility index (Phi) is 3.13. The maximum absolute atomic E-state index is 9.00. The fourth-order valence-corrected chi connectivity index (χ4v) is 2.75. The third-order valence-corrected chi connectivity index (χ3v) is 3.74. The van der Waals surface area contributed by atoms with Gasteiger partial charge in [0, 0.05) is 12.6 Å². The van der Waals surface area contributed by atoms with Crippen molar-refractivity contribution in [3.63, 3.8) is 0 Å².